The predicted octanol–water partition coefficient (Wildman–Crippen LogP) is 3.26. The standard InChI is InChI=1S/C19H17N5O2/c1-26-17-10-20-6-5-14(17)13-2-3-15-16(9-13)23-19(22-15)24-18-8-12(11-25)4-7-21-18/h2-10,25H,11H2,1H3,(H2,21,22,23,24). The Bertz CT molecular complexity index is 1060. The highest BCUT2D eigenvalue weighted by atomic mass is 16.5. The van der Waals surface area contributed by atoms with E-state index in [1.54, 1.807) is 37.8 Å². The Morgan fingerprint density at radius 2 is 2.08 bits per heavy atom. The number of hydrogen-bond acceptors (Lipinski definition) is 6. The fourth-order valence-corrected chi connectivity index (χ4v) is 2.78. The van der Waals surface area contributed by atoms with Crippen LogP contribution in [0, 0.1) is 0 Å². The molecule has 4 rings (SSSR count). The number of anilines is 2. The van der Waals surface area contributed by atoms with E-state index >= 15 is 0 Å². The van der Waals surface area contributed by atoms with Crippen molar-refractivity contribution in [3.63, 3.8) is 0 Å². The van der Waals surface area contributed by atoms with Crippen molar-refractivity contribution in [2.24, 2.45) is 0 Å². The molecular formula is C19H17N5O2. The molecule has 0 saturated carbocycles. The average molecular weight is 347 g/mol. The molecule has 0 spiro atoms. The first-order chi connectivity index (χ1) is 12.8. The van der Waals surface area contributed by atoms with Gasteiger partial charge in [0.1, 0.15) is 11.6 Å². The van der Waals surface area contributed by atoms with Crippen LogP contribution >= 0.6 is 0 Å². The number of rotatable bonds is 5. The quantitative estimate of drug-likeness (QED) is 0.513. The van der Waals surface area contributed by atoms with E-state index in [-0.39, 0.29) is 6.61 Å². The number of aromatic nitrogens is 4. The molecule has 26 heavy (non-hydrogen) atoms. The molecule has 0 fully saturated rings. The van der Waals surface area contributed by atoms with Crippen LogP contribution in [0.1, 0.15) is 5.56 Å². The van der Waals surface area contributed by atoms with Crippen LogP contribution in [-0.2, 0) is 6.61 Å². The minimum Gasteiger partial charge on any atom is -0.494 e. The zero-order valence-corrected chi connectivity index (χ0v) is 14.1. The lowest BCUT2D eigenvalue weighted by Crippen LogP contribution is -1.96. The lowest BCUT2D eigenvalue weighted by Gasteiger charge is -2.07. The number of nitrogens with one attached hydrogen (secondary N) is 2. The smallest absolute Gasteiger partial charge is 0.206 e. The van der Waals surface area contributed by atoms with E-state index in [1.807, 2.05) is 24.3 Å². The van der Waals surface area contributed by atoms with Crippen molar-refractivity contribution in [1.82, 2.24) is 19.9 Å². The molecule has 0 saturated heterocycles. The fourth-order valence-electron chi connectivity index (χ4n) is 2.78. The monoisotopic (exact) mass is 347 g/mol. The normalized spacial score (nSPS) is 10.8. The lowest BCUT2D eigenvalue weighted by atomic mass is 10.1. The Hall–Kier alpha value is -3.45. The number of aliphatic hydroxyl groups excluding tert-OH is 1. The van der Waals surface area contributed by atoms with Crippen LogP contribution in [0.5, 0.6) is 5.75 Å². The van der Waals surface area contributed by atoms with Crippen LogP contribution in [0.25, 0.3) is 22.2 Å². The van der Waals surface area contributed by atoms with Gasteiger partial charge in [0, 0.05) is 18.0 Å². The summed E-state index contributed by atoms with van der Waals surface area (Å²) in [6, 6.07) is 11.4. The summed E-state index contributed by atoms with van der Waals surface area (Å²) in [7, 11) is 1.63. The summed E-state index contributed by atoms with van der Waals surface area (Å²) in [5.74, 6) is 1.92. The zero-order chi connectivity index (χ0) is 17.9. The van der Waals surface area contributed by atoms with Crippen molar-refractivity contribution in [3.8, 4) is 16.9 Å². The Kier molecular flexibility index (Phi) is 4.20. The molecule has 0 radical (unpaired) electrons. The topological polar surface area (TPSA) is 96.0 Å². The van der Waals surface area contributed by atoms with Crippen LogP contribution in [0.4, 0.5) is 11.8 Å². The molecule has 1 aromatic carbocycles. The van der Waals surface area contributed by atoms with Crippen molar-refractivity contribution < 1.29 is 9.84 Å². The lowest BCUT2D eigenvalue weighted by molar-refractivity contribution is 0.282. The van der Waals surface area contributed by atoms with Gasteiger partial charge in [0.25, 0.3) is 0 Å². The number of benzene rings is 1. The van der Waals surface area contributed by atoms with Gasteiger partial charge in [-0.2, -0.15) is 0 Å². The average Bonchev–Trinajstić information content (AvgIpc) is 3.09. The Balaban J connectivity index is 1.67. The number of methoxy groups -OCH3 is 1. The maximum atomic E-state index is 9.23. The molecule has 0 aliphatic heterocycles. The fraction of sp³-hybridized carbons (Fsp3) is 0.105. The summed E-state index contributed by atoms with van der Waals surface area (Å²) in [5, 5.41) is 12.4. The van der Waals surface area contributed by atoms with Crippen molar-refractivity contribution in [1.29, 1.82) is 0 Å². The Labute approximate surface area is 149 Å². The molecular weight excluding hydrogens is 330 g/mol. The summed E-state index contributed by atoms with van der Waals surface area (Å²) in [6.07, 6.45) is 5.07. The zero-order valence-electron chi connectivity index (χ0n) is 14.1. The van der Waals surface area contributed by atoms with Gasteiger partial charge < -0.3 is 20.1 Å². The minimum absolute atomic E-state index is 0.0333. The summed E-state index contributed by atoms with van der Waals surface area (Å²) in [4.78, 5) is 16.1. The summed E-state index contributed by atoms with van der Waals surface area (Å²) >= 11 is 0. The third kappa shape index (κ3) is 3.07. The Morgan fingerprint density at radius 1 is 1.15 bits per heavy atom. The van der Waals surface area contributed by atoms with Gasteiger partial charge in [0.15, 0.2) is 0 Å². The second kappa shape index (κ2) is 6.81. The molecule has 7 heteroatoms. The van der Waals surface area contributed by atoms with Crippen LogP contribution in [0.2, 0.25) is 0 Å². The molecule has 0 unspecified atom stereocenters. The van der Waals surface area contributed by atoms with Crippen molar-refractivity contribution in [2.75, 3.05) is 12.4 Å². The third-order valence-electron chi connectivity index (χ3n) is 4.05. The summed E-state index contributed by atoms with van der Waals surface area (Å²) in [6.45, 7) is -0.0333. The van der Waals surface area contributed by atoms with Gasteiger partial charge in [-0.15, -0.1) is 0 Å². The summed E-state index contributed by atoms with van der Waals surface area (Å²) in [5.41, 5.74) is 4.48. The van der Waals surface area contributed by atoms with E-state index in [9.17, 15) is 5.11 Å². The number of pyridine rings is 2. The number of H-pyrrole nitrogens is 1. The van der Waals surface area contributed by atoms with Gasteiger partial charge in [-0.25, -0.2) is 9.97 Å². The van der Waals surface area contributed by atoms with Crippen LogP contribution in [-0.4, -0.2) is 32.2 Å². The number of imidazole rings is 1. The largest absolute Gasteiger partial charge is 0.494 e. The van der Waals surface area contributed by atoms with E-state index in [1.165, 1.54) is 0 Å². The third-order valence-corrected chi connectivity index (χ3v) is 4.05. The van der Waals surface area contributed by atoms with Crippen molar-refractivity contribution in [3.05, 3.63) is 60.6 Å². The molecule has 0 aliphatic rings. The van der Waals surface area contributed by atoms with Crippen LogP contribution in [0.3, 0.4) is 0 Å². The van der Waals surface area contributed by atoms with Crippen LogP contribution in [0.15, 0.2) is 55.0 Å². The number of aromatic amines is 1. The number of hydrogen-bond donors (Lipinski definition) is 3. The SMILES string of the molecule is COc1cnccc1-c1ccc2nc(Nc3cc(CO)ccn3)[nH]c2c1. The second-order valence-electron chi connectivity index (χ2n) is 5.73. The second-order valence-corrected chi connectivity index (χ2v) is 5.73. The first-order valence-corrected chi connectivity index (χ1v) is 8.08. The van der Waals surface area contributed by atoms with Gasteiger partial charge in [-0.1, -0.05) is 6.07 Å². The molecule has 0 aliphatic carbocycles. The molecule has 3 heterocycles. The number of nitrogens with zero attached hydrogens (tertiary/aromatic N) is 3. The number of ether oxygens (including phenoxy) is 1. The molecule has 130 valence electrons. The van der Waals surface area contributed by atoms with E-state index in [0.29, 0.717) is 11.8 Å². The molecule has 3 aromatic heterocycles. The first-order valence-electron chi connectivity index (χ1n) is 8.08. The molecule has 0 bridgehead atoms. The molecule has 7 nitrogen and oxygen atoms in total. The van der Waals surface area contributed by atoms with Gasteiger partial charge in [-0.05, 0) is 41.5 Å². The molecule has 3 N–H and O–H groups in total. The molecule has 4 aromatic rings. The van der Waals surface area contributed by atoms with Gasteiger partial charge in [-0.3, -0.25) is 4.98 Å². The highest BCUT2D eigenvalue weighted by molar-refractivity contribution is 5.85. The van der Waals surface area contributed by atoms with Crippen LogP contribution < -0.4 is 10.1 Å². The number of fused-ring (bicyclic) bond motifs is 1. The van der Waals surface area contributed by atoms with Gasteiger partial charge in [0.2, 0.25) is 5.95 Å². The van der Waals surface area contributed by atoms with Crippen molar-refractivity contribution >= 4 is 22.8 Å². The van der Waals surface area contributed by atoms with E-state index in [4.69, 9.17) is 4.74 Å². The van der Waals surface area contributed by atoms with E-state index < -0.39 is 0 Å². The molecule has 0 atom stereocenters. The predicted molar refractivity (Wildman–Crippen MR) is 99.3 cm³/mol. The Morgan fingerprint density at radius 3 is 2.92 bits per heavy atom. The number of aliphatic hydroxyl groups is 1. The van der Waals surface area contributed by atoms with E-state index in [0.717, 1.165) is 33.5 Å². The highest BCUT2D eigenvalue weighted by Crippen LogP contribution is 2.31. The summed E-state index contributed by atoms with van der Waals surface area (Å²) < 4.78 is 5.39. The van der Waals surface area contributed by atoms with Gasteiger partial charge >= 0.3 is 0 Å². The molecule has 0 amide bonds. The minimum atomic E-state index is -0.0333. The van der Waals surface area contributed by atoms with Crippen molar-refractivity contribution in [2.45, 2.75) is 6.61 Å². The maximum absolute atomic E-state index is 9.23. The highest BCUT2D eigenvalue weighted by Gasteiger charge is 2.09. The first kappa shape index (κ1) is 16.0. The van der Waals surface area contributed by atoms with Gasteiger partial charge in [0.05, 0.1) is 30.9 Å². The maximum Gasteiger partial charge on any atom is 0.206 e. The van der Waals surface area contributed by atoms with E-state index in [2.05, 4.69) is 25.3 Å².